The van der Waals surface area contributed by atoms with E-state index in [1.807, 2.05) is 13.8 Å². The molecule has 1 heterocycles. The van der Waals surface area contributed by atoms with Crippen molar-refractivity contribution >= 4 is 11.7 Å². The van der Waals surface area contributed by atoms with Crippen molar-refractivity contribution in [2.75, 3.05) is 25.5 Å². The van der Waals surface area contributed by atoms with Crippen LogP contribution in [0.2, 0.25) is 0 Å². The van der Waals surface area contributed by atoms with Gasteiger partial charge in [-0.1, -0.05) is 6.92 Å². The van der Waals surface area contributed by atoms with E-state index in [1.165, 1.54) is 0 Å². The molecule has 0 aliphatic heterocycles. The number of hydrogen-bond donors (Lipinski definition) is 2. The number of carbonyl (C=O) groups is 1. The van der Waals surface area contributed by atoms with Crippen molar-refractivity contribution in [1.82, 2.24) is 10.3 Å². The number of methoxy groups -OCH3 is 1. The number of pyridine rings is 1. The van der Waals surface area contributed by atoms with E-state index in [4.69, 9.17) is 4.74 Å². The summed E-state index contributed by atoms with van der Waals surface area (Å²) >= 11 is 0. The molecule has 106 valence electrons. The van der Waals surface area contributed by atoms with E-state index in [0.717, 1.165) is 13.0 Å². The van der Waals surface area contributed by atoms with Crippen LogP contribution in [0.4, 0.5) is 5.82 Å². The van der Waals surface area contributed by atoms with Gasteiger partial charge in [0.25, 0.3) is 5.91 Å². The number of ether oxygens (including phenoxy) is 1. The Morgan fingerprint density at radius 2 is 2.21 bits per heavy atom. The van der Waals surface area contributed by atoms with Gasteiger partial charge in [-0.2, -0.15) is 0 Å². The van der Waals surface area contributed by atoms with Gasteiger partial charge in [-0.3, -0.25) is 4.79 Å². The number of nitrogens with one attached hydrogen (secondary N) is 2. The van der Waals surface area contributed by atoms with Crippen LogP contribution in [-0.4, -0.2) is 36.7 Å². The highest BCUT2D eigenvalue weighted by molar-refractivity contribution is 5.98. The van der Waals surface area contributed by atoms with Gasteiger partial charge in [-0.05, 0) is 32.4 Å². The summed E-state index contributed by atoms with van der Waals surface area (Å²) in [5, 5.41) is 6.01. The molecular formula is C14H23N3O2. The minimum atomic E-state index is -0.380. The van der Waals surface area contributed by atoms with Gasteiger partial charge in [-0.15, -0.1) is 0 Å². The molecule has 5 nitrogen and oxygen atoms in total. The molecule has 0 bridgehead atoms. The Hall–Kier alpha value is -1.62. The van der Waals surface area contributed by atoms with E-state index >= 15 is 0 Å². The number of nitrogens with zero attached hydrogens (tertiary/aromatic N) is 1. The van der Waals surface area contributed by atoms with E-state index in [2.05, 4.69) is 22.5 Å². The molecule has 1 aromatic heterocycles. The summed E-state index contributed by atoms with van der Waals surface area (Å²) < 4.78 is 5.27. The predicted molar refractivity (Wildman–Crippen MR) is 76.4 cm³/mol. The van der Waals surface area contributed by atoms with Crippen LogP contribution >= 0.6 is 0 Å². The van der Waals surface area contributed by atoms with Crippen LogP contribution in [-0.2, 0) is 4.74 Å². The van der Waals surface area contributed by atoms with Gasteiger partial charge in [0.15, 0.2) is 0 Å². The molecule has 0 aliphatic rings. The van der Waals surface area contributed by atoms with E-state index in [0.29, 0.717) is 17.9 Å². The molecule has 0 fully saturated rings. The number of anilines is 1. The van der Waals surface area contributed by atoms with E-state index in [9.17, 15) is 4.79 Å². The normalized spacial score (nSPS) is 11.2. The lowest BCUT2D eigenvalue weighted by atomic mass is 10.1. The summed E-state index contributed by atoms with van der Waals surface area (Å²) in [6.07, 6.45) is 2.65. The van der Waals surface area contributed by atoms with E-state index in [1.54, 1.807) is 25.4 Å². The zero-order valence-electron chi connectivity index (χ0n) is 12.1. The largest absolute Gasteiger partial charge is 0.377 e. The maximum atomic E-state index is 12.1. The summed E-state index contributed by atoms with van der Waals surface area (Å²) in [4.78, 5) is 16.3. The van der Waals surface area contributed by atoms with Crippen molar-refractivity contribution < 1.29 is 9.53 Å². The van der Waals surface area contributed by atoms with Crippen LogP contribution in [0.1, 0.15) is 37.6 Å². The highest BCUT2D eigenvalue weighted by Crippen LogP contribution is 2.12. The number of carbonyl (C=O) groups excluding carboxylic acids is 1. The van der Waals surface area contributed by atoms with E-state index in [-0.39, 0.29) is 11.5 Å². The molecule has 0 atom stereocenters. The van der Waals surface area contributed by atoms with Crippen molar-refractivity contribution in [3.05, 3.63) is 23.9 Å². The average Bonchev–Trinajstić information content (AvgIpc) is 2.43. The van der Waals surface area contributed by atoms with Crippen LogP contribution in [0, 0.1) is 0 Å². The fourth-order valence-corrected chi connectivity index (χ4v) is 1.43. The third kappa shape index (κ3) is 4.87. The van der Waals surface area contributed by atoms with Crippen molar-refractivity contribution in [2.45, 2.75) is 32.8 Å². The Labute approximate surface area is 114 Å². The predicted octanol–water partition coefficient (Wildman–Crippen LogP) is 2.06. The van der Waals surface area contributed by atoms with Gasteiger partial charge in [0, 0.05) is 26.4 Å². The minimum Gasteiger partial charge on any atom is -0.377 e. The van der Waals surface area contributed by atoms with Crippen molar-refractivity contribution in [3.63, 3.8) is 0 Å². The maximum absolute atomic E-state index is 12.1. The molecule has 1 aromatic rings. The minimum absolute atomic E-state index is 0.142. The SMILES string of the molecule is CCCNc1ncccc1C(=O)NCC(C)(C)OC. The zero-order chi connectivity index (χ0) is 14.3. The molecule has 0 unspecified atom stereocenters. The molecule has 0 saturated heterocycles. The molecule has 2 N–H and O–H groups in total. The molecule has 19 heavy (non-hydrogen) atoms. The van der Waals surface area contributed by atoms with E-state index < -0.39 is 0 Å². The summed E-state index contributed by atoms with van der Waals surface area (Å²) in [5.74, 6) is 0.480. The molecule has 0 spiro atoms. The van der Waals surface area contributed by atoms with Crippen LogP contribution in [0.3, 0.4) is 0 Å². The molecule has 0 aliphatic carbocycles. The molecule has 1 amide bonds. The summed E-state index contributed by atoms with van der Waals surface area (Å²) in [6.45, 7) is 7.15. The Morgan fingerprint density at radius 3 is 2.84 bits per heavy atom. The molecular weight excluding hydrogens is 242 g/mol. The first-order valence-electron chi connectivity index (χ1n) is 6.52. The zero-order valence-corrected chi connectivity index (χ0v) is 12.1. The topological polar surface area (TPSA) is 63.2 Å². The lowest BCUT2D eigenvalue weighted by Crippen LogP contribution is -2.40. The maximum Gasteiger partial charge on any atom is 0.255 e. The fraction of sp³-hybridized carbons (Fsp3) is 0.571. The smallest absolute Gasteiger partial charge is 0.255 e. The summed E-state index contributed by atoms with van der Waals surface area (Å²) in [6, 6.07) is 3.52. The quantitative estimate of drug-likeness (QED) is 0.792. The molecule has 0 radical (unpaired) electrons. The average molecular weight is 265 g/mol. The molecule has 5 heteroatoms. The summed E-state index contributed by atoms with van der Waals surface area (Å²) in [7, 11) is 1.63. The Bertz CT molecular complexity index is 419. The standard InChI is InChI=1S/C14H23N3O2/c1-5-8-15-12-11(7-6-9-16-12)13(18)17-10-14(2,3)19-4/h6-7,9H,5,8,10H2,1-4H3,(H,15,16)(H,17,18). The van der Waals surface area contributed by atoms with Gasteiger partial charge >= 0.3 is 0 Å². The van der Waals surface area contributed by atoms with Gasteiger partial charge in [0.05, 0.1) is 11.2 Å². The van der Waals surface area contributed by atoms with Crippen LogP contribution in [0.25, 0.3) is 0 Å². The first kappa shape index (κ1) is 15.4. The second-order valence-corrected chi connectivity index (χ2v) is 4.97. The number of aromatic nitrogens is 1. The van der Waals surface area contributed by atoms with Crippen molar-refractivity contribution in [2.24, 2.45) is 0 Å². The van der Waals surface area contributed by atoms with Crippen LogP contribution in [0.15, 0.2) is 18.3 Å². The third-order valence-corrected chi connectivity index (χ3v) is 2.82. The molecule has 0 aromatic carbocycles. The van der Waals surface area contributed by atoms with Crippen LogP contribution < -0.4 is 10.6 Å². The Balaban J connectivity index is 2.71. The second kappa shape index (κ2) is 7.09. The third-order valence-electron chi connectivity index (χ3n) is 2.82. The summed E-state index contributed by atoms with van der Waals surface area (Å²) in [5.41, 5.74) is 0.178. The molecule has 1 rings (SSSR count). The van der Waals surface area contributed by atoms with Crippen LogP contribution in [0.5, 0.6) is 0 Å². The fourth-order valence-electron chi connectivity index (χ4n) is 1.43. The molecule has 0 saturated carbocycles. The Kier molecular flexibility index (Phi) is 5.76. The number of amides is 1. The first-order chi connectivity index (χ1) is 9.00. The van der Waals surface area contributed by atoms with Gasteiger partial charge in [0.2, 0.25) is 0 Å². The highest BCUT2D eigenvalue weighted by atomic mass is 16.5. The first-order valence-corrected chi connectivity index (χ1v) is 6.52. The monoisotopic (exact) mass is 265 g/mol. The van der Waals surface area contributed by atoms with Gasteiger partial charge < -0.3 is 15.4 Å². The second-order valence-electron chi connectivity index (χ2n) is 4.97. The highest BCUT2D eigenvalue weighted by Gasteiger charge is 2.19. The number of rotatable bonds is 7. The Morgan fingerprint density at radius 1 is 1.47 bits per heavy atom. The van der Waals surface area contributed by atoms with Gasteiger partial charge in [-0.25, -0.2) is 4.98 Å². The number of hydrogen-bond acceptors (Lipinski definition) is 4. The van der Waals surface area contributed by atoms with Crippen molar-refractivity contribution in [1.29, 1.82) is 0 Å². The lowest BCUT2D eigenvalue weighted by molar-refractivity contribution is 0.0229. The van der Waals surface area contributed by atoms with Gasteiger partial charge in [0.1, 0.15) is 5.82 Å². The lowest BCUT2D eigenvalue weighted by Gasteiger charge is -2.23. The van der Waals surface area contributed by atoms with Crippen molar-refractivity contribution in [3.8, 4) is 0 Å².